The molecular weight excluding hydrogens is 297 g/mol. The Hall–Kier alpha value is -2.40. The number of carbonyl (C=O) groups excluding carboxylic acids is 1. The van der Waals surface area contributed by atoms with Crippen LogP contribution in [0.2, 0.25) is 5.02 Å². The predicted octanol–water partition coefficient (Wildman–Crippen LogP) is 3.74. The zero-order valence-corrected chi connectivity index (χ0v) is 11.7. The van der Waals surface area contributed by atoms with Gasteiger partial charge in [0.25, 0.3) is 5.91 Å². The normalized spacial score (nSPS) is 10.2. The van der Waals surface area contributed by atoms with Crippen molar-refractivity contribution in [3.8, 4) is 0 Å². The van der Waals surface area contributed by atoms with E-state index in [1.807, 2.05) is 0 Å². The second-order valence-corrected chi connectivity index (χ2v) is 4.90. The molecule has 0 saturated carbocycles. The van der Waals surface area contributed by atoms with Crippen LogP contribution in [0.1, 0.15) is 26.3 Å². The van der Waals surface area contributed by atoms with E-state index in [4.69, 9.17) is 16.7 Å². The Kier molecular flexibility index (Phi) is 4.23. The summed E-state index contributed by atoms with van der Waals surface area (Å²) in [5.41, 5.74) is 0.791. The number of benzene rings is 2. The van der Waals surface area contributed by atoms with Gasteiger partial charge >= 0.3 is 5.97 Å². The summed E-state index contributed by atoms with van der Waals surface area (Å²) in [6, 6.07) is 7.90. The number of aryl methyl sites for hydroxylation is 1. The first-order chi connectivity index (χ1) is 9.86. The maximum atomic E-state index is 13.1. The molecule has 0 spiro atoms. The number of carboxylic acids is 1. The van der Waals surface area contributed by atoms with Crippen molar-refractivity contribution >= 4 is 29.2 Å². The molecular formula is C15H11ClFNO3. The standard InChI is InChI=1S/C15H11ClFNO3/c1-8-4-9(6-10(16)5-8)14(19)18-13-3-2-11(17)7-12(13)15(20)21/h2-7H,1H3,(H,18,19)(H,20,21). The van der Waals surface area contributed by atoms with E-state index >= 15 is 0 Å². The fourth-order valence-electron chi connectivity index (χ4n) is 1.86. The second kappa shape index (κ2) is 5.93. The molecule has 0 aliphatic carbocycles. The van der Waals surface area contributed by atoms with Gasteiger partial charge in [0.05, 0.1) is 11.3 Å². The summed E-state index contributed by atoms with van der Waals surface area (Å²) in [4.78, 5) is 23.2. The molecule has 0 saturated heterocycles. The van der Waals surface area contributed by atoms with Crippen LogP contribution in [0.3, 0.4) is 0 Å². The maximum absolute atomic E-state index is 13.1. The van der Waals surface area contributed by atoms with E-state index in [0.29, 0.717) is 10.6 Å². The number of hydrogen-bond donors (Lipinski definition) is 2. The molecule has 0 atom stereocenters. The van der Waals surface area contributed by atoms with Crippen LogP contribution in [0.4, 0.5) is 10.1 Å². The number of rotatable bonds is 3. The molecule has 0 unspecified atom stereocenters. The first-order valence-corrected chi connectivity index (χ1v) is 6.36. The first kappa shape index (κ1) is 15.0. The zero-order valence-electron chi connectivity index (χ0n) is 11.0. The van der Waals surface area contributed by atoms with E-state index in [0.717, 1.165) is 17.7 Å². The Labute approximate surface area is 125 Å². The molecule has 108 valence electrons. The number of nitrogens with one attached hydrogen (secondary N) is 1. The van der Waals surface area contributed by atoms with Gasteiger partial charge in [0.2, 0.25) is 0 Å². The molecule has 0 fully saturated rings. The fraction of sp³-hybridized carbons (Fsp3) is 0.0667. The highest BCUT2D eigenvalue weighted by molar-refractivity contribution is 6.31. The van der Waals surface area contributed by atoms with Gasteiger partial charge in [0.1, 0.15) is 5.82 Å². The summed E-state index contributed by atoms with van der Waals surface area (Å²) in [5.74, 6) is -2.54. The molecule has 4 nitrogen and oxygen atoms in total. The number of aromatic carboxylic acids is 1. The van der Waals surface area contributed by atoms with Gasteiger partial charge in [-0.15, -0.1) is 0 Å². The van der Waals surface area contributed by atoms with Crippen LogP contribution in [0.5, 0.6) is 0 Å². The number of halogens is 2. The molecule has 0 bridgehead atoms. The van der Waals surface area contributed by atoms with Crippen LogP contribution in [0, 0.1) is 12.7 Å². The van der Waals surface area contributed by atoms with Crippen LogP contribution < -0.4 is 5.32 Å². The molecule has 0 aliphatic heterocycles. The Bertz CT molecular complexity index is 711. The van der Waals surface area contributed by atoms with Gasteiger partial charge < -0.3 is 10.4 Å². The first-order valence-electron chi connectivity index (χ1n) is 5.98. The minimum absolute atomic E-state index is 0.0199. The lowest BCUT2D eigenvalue weighted by Gasteiger charge is -2.09. The van der Waals surface area contributed by atoms with E-state index in [9.17, 15) is 14.0 Å². The molecule has 21 heavy (non-hydrogen) atoms. The lowest BCUT2D eigenvalue weighted by molar-refractivity contribution is 0.0697. The number of hydrogen-bond acceptors (Lipinski definition) is 2. The lowest BCUT2D eigenvalue weighted by Crippen LogP contribution is -2.15. The van der Waals surface area contributed by atoms with Crippen LogP contribution in [0.25, 0.3) is 0 Å². The summed E-state index contributed by atoms with van der Waals surface area (Å²) >= 11 is 5.88. The maximum Gasteiger partial charge on any atom is 0.337 e. The predicted molar refractivity (Wildman–Crippen MR) is 77.5 cm³/mol. The van der Waals surface area contributed by atoms with Gasteiger partial charge in [-0.05, 0) is 48.9 Å². The molecule has 6 heteroatoms. The van der Waals surface area contributed by atoms with Crippen molar-refractivity contribution in [1.29, 1.82) is 0 Å². The van der Waals surface area contributed by atoms with E-state index in [1.54, 1.807) is 19.1 Å². The van der Waals surface area contributed by atoms with Crippen LogP contribution >= 0.6 is 11.6 Å². The highest BCUT2D eigenvalue weighted by Gasteiger charge is 2.15. The quantitative estimate of drug-likeness (QED) is 0.907. The van der Waals surface area contributed by atoms with Crippen LogP contribution in [-0.2, 0) is 0 Å². The van der Waals surface area contributed by atoms with Crippen molar-refractivity contribution in [2.24, 2.45) is 0 Å². The molecule has 0 aliphatic rings. The van der Waals surface area contributed by atoms with E-state index in [1.165, 1.54) is 12.1 Å². The van der Waals surface area contributed by atoms with Gasteiger partial charge in [-0.1, -0.05) is 11.6 Å². The highest BCUT2D eigenvalue weighted by atomic mass is 35.5. The van der Waals surface area contributed by atoms with E-state index in [2.05, 4.69) is 5.32 Å². The van der Waals surface area contributed by atoms with Crippen LogP contribution in [-0.4, -0.2) is 17.0 Å². The molecule has 0 radical (unpaired) electrons. The van der Waals surface area contributed by atoms with Gasteiger partial charge in [-0.3, -0.25) is 4.79 Å². The van der Waals surface area contributed by atoms with E-state index < -0.39 is 17.7 Å². The summed E-state index contributed by atoms with van der Waals surface area (Å²) in [5, 5.41) is 11.9. The third-order valence-electron chi connectivity index (χ3n) is 2.76. The number of amides is 1. The van der Waals surface area contributed by atoms with Gasteiger partial charge in [0.15, 0.2) is 0 Å². The van der Waals surface area contributed by atoms with Gasteiger partial charge in [-0.2, -0.15) is 0 Å². The summed E-state index contributed by atoms with van der Waals surface area (Å²) in [6.45, 7) is 1.78. The minimum Gasteiger partial charge on any atom is -0.478 e. The fourth-order valence-corrected chi connectivity index (χ4v) is 2.15. The Morgan fingerprint density at radius 1 is 1.19 bits per heavy atom. The summed E-state index contributed by atoms with van der Waals surface area (Å²) < 4.78 is 13.1. The van der Waals surface area contributed by atoms with Crippen molar-refractivity contribution < 1.29 is 19.1 Å². The molecule has 0 heterocycles. The average Bonchev–Trinajstić information content (AvgIpc) is 2.39. The lowest BCUT2D eigenvalue weighted by atomic mass is 10.1. The largest absolute Gasteiger partial charge is 0.478 e. The molecule has 1 amide bonds. The molecule has 0 aromatic heterocycles. The zero-order chi connectivity index (χ0) is 15.6. The Balaban J connectivity index is 2.33. The van der Waals surface area contributed by atoms with Gasteiger partial charge in [-0.25, -0.2) is 9.18 Å². The Morgan fingerprint density at radius 2 is 1.90 bits per heavy atom. The monoisotopic (exact) mass is 307 g/mol. The second-order valence-electron chi connectivity index (χ2n) is 4.47. The average molecular weight is 308 g/mol. The number of carboxylic acid groups (broad SMARTS) is 1. The molecule has 2 N–H and O–H groups in total. The number of anilines is 1. The van der Waals surface area contributed by atoms with Crippen molar-refractivity contribution in [1.82, 2.24) is 0 Å². The minimum atomic E-state index is -1.33. The van der Waals surface area contributed by atoms with E-state index in [-0.39, 0.29) is 11.3 Å². The molecule has 2 rings (SSSR count). The molecule has 2 aromatic carbocycles. The van der Waals surface area contributed by atoms with Crippen molar-refractivity contribution in [2.45, 2.75) is 6.92 Å². The van der Waals surface area contributed by atoms with Crippen molar-refractivity contribution in [2.75, 3.05) is 5.32 Å². The molecule has 2 aromatic rings. The summed E-state index contributed by atoms with van der Waals surface area (Å²) in [6.07, 6.45) is 0. The highest BCUT2D eigenvalue weighted by Crippen LogP contribution is 2.20. The topological polar surface area (TPSA) is 66.4 Å². The Morgan fingerprint density at radius 3 is 2.52 bits per heavy atom. The third kappa shape index (κ3) is 3.58. The third-order valence-corrected chi connectivity index (χ3v) is 2.98. The van der Waals surface area contributed by atoms with Crippen LogP contribution in [0.15, 0.2) is 36.4 Å². The smallest absolute Gasteiger partial charge is 0.337 e. The summed E-state index contributed by atoms with van der Waals surface area (Å²) in [7, 11) is 0. The van der Waals surface area contributed by atoms with Crippen molar-refractivity contribution in [3.63, 3.8) is 0 Å². The SMILES string of the molecule is Cc1cc(Cl)cc(C(=O)Nc2ccc(F)cc2C(=O)O)c1. The van der Waals surface area contributed by atoms with Gasteiger partial charge in [0, 0.05) is 10.6 Å². The number of carbonyl (C=O) groups is 2. The van der Waals surface area contributed by atoms with Crippen molar-refractivity contribution in [3.05, 3.63) is 63.9 Å².